The molecule has 0 fully saturated rings. The molecule has 0 amide bonds. The van der Waals surface area contributed by atoms with Gasteiger partial charge in [-0.2, -0.15) is 0 Å². The number of para-hydroxylation sites is 1. The summed E-state index contributed by atoms with van der Waals surface area (Å²) in [5.74, 6) is 1.09. The smallest absolute Gasteiger partial charge is 0.129 e. The second-order valence-electron chi connectivity index (χ2n) is 4.54. The number of aromatic nitrogens is 2. The SMILES string of the molecule is Cc1ccccc1-n1c(CCl)nc2cc(Cl)c(Cl)cc21. The summed E-state index contributed by atoms with van der Waals surface area (Å²) < 4.78 is 2.03. The molecule has 0 N–H and O–H groups in total. The summed E-state index contributed by atoms with van der Waals surface area (Å²) in [6, 6.07) is 11.7. The molecule has 102 valence electrons. The highest BCUT2D eigenvalue weighted by Gasteiger charge is 2.14. The standard InChI is InChI=1S/C15H11Cl3N2/c1-9-4-2-3-5-13(9)20-14-7-11(18)10(17)6-12(14)19-15(20)8-16/h2-7H,8H2,1H3. The maximum absolute atomic E-state index is 6.13. The Morgan fingerprint density at radius 1 is 1.10 bits per heavy atom. The fourth-order valence-electron chi connectivity index (χ4n) is 2.30. The van der Waals surface area contributed by atoms with Crippen LogP contribution in [0.25, 0.3) is 16.7 Å². The van der Waals surface area contributed by atoms with Gasteiger partial charge in [0.25, 0.3) is 0 Å². The lowest BCUT2D eigenvalue weighted by molar-refractivity contribution is 0.972. The Morgan fingerprint density at radius 2 is 1.80 bits per heavy atom. The van der Waals surface area contributed by atoms with Gasteiger partial charge in [-0.15, -0.1) is 11.6 Å². The summed E-state index contributed by atoms with van der Waals surface area (Å²) in [5, 5.41) is 1.00. The number of hydrogen-bond donors (Lipinski definition) is 0. The molecule has 0 radical (unpaired) electrons. The maximum Gasteiger partial charge on any atom is 0.129 e. The van der Waals surface area contributed by atoms with Crippen LogP contribution in [-0.2, 0) is 5.88 Å². The lowest BCUT2D eigenvalue weighted by Gasteiger charge is -2.11. The minimum absolute atomic E-state index is 0.318. The Morgan fingerprint density at radius 3 is 2.50 bits per heavy atom. The molecule has 0 saturated carbocycles. The lowest BCUT2D eigenvalue weighted by Crippen LogP contribution is -2.01. The van der Waals surface area contributed by atoms with Crippen LogP contribution in [0.5, 0.6) is 0 Å². The number of rotatable bonds is 2. The first kappa shape index (κ1) is 13.7. The van der Waals surface area contributed by atoms with Crippen molar-refractivity contribution in [2.75, 3.05) is 0 Å². The third-order valence-electron chi connectivity index (χ3n) is 3.24. The summed E-state index contributed by atoms with van der Waals surface area (Å²) >= 11 is 18.2. The maximum atomic E-state index is 6.13. The molecule has 0 aliphatic heterocycles. The van der Waals surface area contributed by atoms with Crippen LogP contribution in [0.2, 0.25) is 10.0 Å². The number of alkyl halides is 1. The van der Waals surface area contributed by atoms with Crippen LogP contribution in [0.4, 0.5) is 0 Å². The van der Waals surface area contributed by atoms with Crippen molar-refractivity contribution in [3.63, 3.8) is 0 Å². The molecule has 20 heavy (non-hydrogen) atoms. The van der Waals surface area contributed by atoms with Crippen LogP contribution in [0.1, 0.15) is 11.4 Å². The van der Waals surface area contributed by atoms with Crippen molar-refractivity contribution in [3.8, 4) is 5.69 Å². The fourth-order valence-corrected chi connectivity index (χ4v) is 2.79. The van der Waals surface area contributed by atoms with E-state index in [9.17, 15) is 0 Å². The topological polar surface area (TPSA) is 17.8 Å². The molecule has 0 spiro atoms. The summed E-state index contributed by atoms with van der Waals surface area (Å²) in [6.45, 7) is 2.05. The number of nitrogens with zero attached hydrogens (tertiary/aromatic N) is 2. The Kier molecular flexibility index (Phi) is 3.63. The Bertz CT molecular complexity index is 793. The Balaban J connectivity index is 2.39. The van der Waals surface area contributed by atoms with Crippen molar-refractivity contribution in [1.29, 1.82) is 0 Å². The van der Waals surface area contributed by atoms with Gasteiger partial charge in [-0.25, -0.2) is 4.98 Å². The molecule has 0 unspecified atom stereocenters. The molecule has 1 heterocycles. The third kappa shape index (κ3) is 2.18. The van der Waals surface area contributed by atoms with Gasteiger partial charge in [0.2, 0.25) is 0 Å². The molecule has 0 aliphatic rings. The van der Waals surface area contributed by atoms with E-state index < -0.39 is 0 Å². The number of aryl methyl sites for hydroxylation is 1. The van der Waals surface area contributed by atoms with Gasteiger partial charge in [0.15, 0.2) is 0 Å². The van der Waals surface area contributed by atoms with E-state index in [4.69, 9.17) is 34.8 Å². The molecule has 2 nitrogen and oxygen atoms in total. The lowest BCUT2D eigenvalue weighted by atomic mass is 10.2. The minimum Gasteiger partial charge on any atom is -0.295 e. The summed E-state index contributed by atoms with van der Waals surface area (Å²) in [5.41, 5.74) is 3.89. The van der Waals surface area contributed by atoms with E-state index in [0.29, 0.717) is 15.9 Å². The Hall–Kier alpha value is -1.22. The fraction of sp³-hybridized carbons (Fsp3) is 0.133. The van der Waals surface area contributed by atoms with Crippen molar-refractivity contribution >= 4 is 45.8 Å². The molecule has 0 atom stereocenters. The van der Waals surface area contributed by atoms with Crippen molar-refractivity contribution < 1.29 is 0 Å². The van der Waals surface area contributed by atoms with Crippen LogP contribution >= 0.6 is 34.8 Å². The zero-order chi connectivity index (χ0) is 14.3. The van der Waals surface area contributed by atoms with E-state index in [2.05, 4.69) is 18.0 Å². The second kappa shape index (κ2) is 5.28. The molecular formula is C15H11Cl3N2. The third-order valence-corrected chi connectivity index (χ3v) is 4.20. The van der Waals surface area contributed by atoms with E-state index in [1.54, 1.807) is 6.07 Å². The molecule has 0 aliphatic carbocycles. The van der Waals surface area contributed by atoms with Gasteiger partial charge in [0.05, 0.1) is 32.6 Å². The first-order chi connectivity index (χ1) is 9.61. The first-order valence-electron chi connectivity index (χ1n) is 6.10. The molecule has 3 aromatic rings. The van der Waals surface area contributed by atoms with E-state index in [-0.39, 0.29) is 0 Å². The van der Waals surface area contributed by atoms with Gasteiger partial charge in [0, 0.05) is 0 Å². The average molecular weight is 326 g/mol. The molecule has 2 aromatic carbocycles. The molecular weight excluding hydrogens is 315 g/mol. The van der Waals surface area contributed by atoms with Crippen molar-refractivity contribution in [1.82, 2.24) is 9.55 Å². The Labute approximate surface area is 131 Å². The van der Waals surface area contributed by atoms with E-state index in [1.165, 1.54) is 0 Å². The zero-order valence-electron chi connectivity index (χ0n) is 10.7. The number of halogens is 3. The largest absolute Gasteiger partial charge is 0.295 e. The van der Waals surface area contributed by atoms with Crippen LogP contribution in [-0.4, -0.2) is 9.55 Å². The normalized spacial score (nSPS) is 11.2. The van der Waals surface area contributed by atoms with E-state index >= 15 is 0 Å². The molecule has 0 saturated heterocycles. The van der Waals surface area contributed by atoms with Gasteiger partial charge in [-0.05, 0) is 30.7 Å². The quantitative estimate of drug-likeness (QED) is 0.578. The first-order valence-corrected chi connectivity index (χ1v) is 7.39. The molecule has 1 aromatic heterocycles. The summed E-state index contributed by atoms with van der Waals surface area (Å²) in [6.07, 6.45) is 0. The summed E-state index contributed by atoms with van der Waals surface area (Å²) in [7, 11) is 0. The average Bonchev–Trinajstić information content (AvgIpc) is 2.77. The number of hydrogen-bond acceptors (Lipinski definition) is 1. The molecule has 3 rings (SSSR count). The number of fused-ring (bicyclic) bond motifs is 1. The highest BCUT2D eigenvalue weighted by molar-refractivity contribution is 6.42. The van der Waals surface area contributed by atoms with Crippen molar-refractivity contribution in [2.24, 2.45) is 0 Å². The van der Waals surface area contributed by atoms with Crippen molar-refractivity contribution in [3.05, 3.63) is 57.8 Å². The minimum atomic E-state index is 0.318. The van der Waals surface area contributed by atoms with Crippen LogP contribution < -0.4 is 0 Å². The van der Waals surface area contributed by atoms with Crippen LogP contribution in [0, 0.1) is 6.92 Å². The number of benzene rings is 2. The molecule has 5 heteroatoms. The molecule has 0 bridgehead atoms. The van der Waals surface area contributed by atoms with Gasteiger partial charge < -0.3 is 0 Å². The van der Waals surface area contributed by atoms with E-state index in [1.807, 2.05) is 28.8 Å². The highest BCUT2D eigenvalue weighted by Crippen LogP contribution is 2.31. The summed E-state index contributed by atoms with van der Waals surface area (Å²) in [4.78, 5) is 4.54. The predicted molar refractivity (Wildman–Crippen MR) is 85.4 cm³/mol. The van der Waals surface area contributed by atoms with Crippen LogP contribution in [0.15, 0.2) is 36.4 Å². The van der Waals surface area contributed by atoms with E-state index in [0.717, 1.165) is 28.1 Å². The van der Waals surface area contributed by atoms with Gasteiger partial charge >= 0.3 is 0 Å². The number of imidazole rings is 1. The predicted octanol–water partition coefficient (Wildman–Crippen LogP) is 5.38. The van der Waals surface area contributed by atoms with Gasteiger partial charge in [-0.1, -0.05) is 41.4 Å². The van der Waals surface area contributed by atoms with Gasteiger partial charge in [0.1, 0.15) is 5.82 Å². The van der Waals surface area contributed by atoms with Crippen molar-refractivity contribution in [2.45, 2.75) is 12.8 Å². The van der Waals surface area contributed by atoms with Gasteiger partial charge in [-0.3, -0.25) is 4.57 Å². The highest BCUT2D eigenvalue weighted by atomic mass is 35.5. The second-order valence-corrected chi connectivity index (χ2v) is 5.62. The monoisotopic (exact) mass is 324 g/mol. The zero-order valence-corrected chi connectivity index (χ0v) is 13.0. The van der Waals surface area contributed by atoms with Crippen LogP contribution in [0.3, 0.4) is 0 Å².